The van der Waals surface area contributed by atoms with Gasteiger partial charge >= 0.3 is 5.97 Å². The first-order valence-electron chi connectivity index (χ1n) is 7.41. The Morgan fingerprint density at radius 3 is 2.37 bits per heavy atom. The molecule has 1 N–H and O–H groups in total. The van der Waals surface area contributed by atoms with Crippen molar-refractivity contribution >= 4 is 5.97 Å². The molecule has 2 aliphatic carbocycles. The number of carbonyl (C=O) groups is 1. The number of ether oxygens (including phenoxy) is 1. The molecule has 0 amide bonds. The van der Waals surface area contributed by atoms with Crippen LogP contribution in [0, 0.1) is 10.8 Å². The van der Waals surface area contributed by atoms with E-state index < -0.39 is 5.41 Å². The second-order valence-corrected chi connectivity index (χ2v) is 6.85. The molecule has 3 nitrogen and oxygen atoms in total. The van der Waals surface area contributed by atoms with Gasteiger partial charge in [-0.05, 0) is 44.4 Å². The van der Waals surface area contributed by atoms with E-state index in [2.05, 4.69) is 13.8 Å². The van der Waals surface area contributed by atoms with Gasteiger partial charge < -0.3 is 9.84 Å². The zero-order valence-corrected chi connectivity index (χ0v) is 12.4. The maximum absolute atomic E-state index is 12.5. The number of hydrogen-bond acceptors (Lipinski definition) is 3. The van der Waals surface area contributed by atoms with Crippen LogP contribution in [0.3, 0.4) is 0 Å². The summed E-state index contributed by atoms with van der Waals surface area (Å²) in [6, 6.07) is 0. The fraction of sp³-hybridized carbons (Fsp3) is 0.812. The van der Waals surface area contributed by atoms with Gasteiger partial charge in [0.2, 0.25) is 0 Å². The van der Waals surface area contributed by atoms with Crippen molar-refractivity contribution in [3.8, 4) is 0 Å². The third-order valence-electron chi connectivity index (χ3n) is 4.74. The smallest absolute Gasteiger partial charge is 0.316 e. The van der Waals surface area contributed by atoms with Crippen molar-refractivity contribution in [2.45, 2.75) is 65.4 Å². The van der Waals surface area contributed by atoms with Crippen LogP contribution < -0.4 is 0 Å². The molecular weight excluding hydrogens is 240 g/mol. The molecule has 0 saturated heterocycles. The summed E-state index contributed by atoms with van der Waals surface area (Å²) in [5.41, 5.74) is 0.304. The monoisotopic (exact) mass is 266 g/mol. The first kappa shape index (κ1) is 14.6. The molecule has 1 unspecified atom stereocenters. The van der Waals surface area contributed by atoms with E-state index >= 15 is 0 Å². The third kappa shape index (κ3) is 2.86. The molecule has 0 aromatic carbocycles. The number of carbonyl (C=O) groups excluding carboxylic acids is 1. The first-order chi connectivity index (χ1) is 8.91. The number of aliphatic hydroxyl groups excluding tert-OH is 1. The minimum Gasteiger partial charge on any atom is -0.462 e. The minimum atomic E-state index is -0.503. The summed E-state index contributed by atoms with van der Waals surface area (Å²) in [5, 5.41) is 9.18. The molecule has 0 bridgehead atoms. The second-order valence-electron chi connectivity index (χ2n) is 6.85. The molecule has 0 radical (unpaired) electrons. The molecule has 0 heterocycles. The van der Waals surface area contributed by atoms with Gasteiger partial charge in [0.25, 0.3) is 0 Å². The minimum absolute atomic E-state index is 0.00847. The van der Waals surface area contributed by atoms with Crippen molar-refractivity contribution in [1.29, 1.82) is 0 Å². The molecule has 2 saturated carbocycles. The van der Waals surface area contributed by atoms with E-state index in [-0.39, 0.29) is 24.1 Å². The van der Waals surface area contributed by atoms with Gasteiger partial charge in [0.1, 0.15) is 6.10 Å². The van der Waals surface area contributed by atoms with Gasteiger partial charge in [-0.15, -0.1) is 0 Å². The lowest BCUT2D eigenvalue weighted by atomic mass is 9.92. The Morgan fingerprint density at radius 2 is 1.89 bits per heavy atom. The van der Waals surface area contributed by atoms with Crippen LogP contribution in [0.2, 0.25) is 0 Å². The predicted octanol–water partition coefficient (Wildman–Crippen LogP) is 3.22. The normalized spacial score (nSPS) is 31.1. The molecule has 0 aliphatic heterocycles. The van der Waals surface area contributed by atoms with Crippen molar-refractivity contribution in [3.05, 3.63) is 11.6 Å². The molecule has 2 fully saturated rings. The van der Waals surface area contributed by atoms with Crippen molar-refractivity contribution in [2.24, 2.45) is 10.8 Å². The van der Waals surface area contributed by atoms with Gasteiger partial charge in [0.15, 0.2) is 0 Å². The van der Waals surface area contributed by atoms with E-state index in [0.717, 1.165) is 24.8 Å². The van der Waals surface area contributed by atoms with Crippen molar-refractivity contribution < 1.29 is 14.6 Å². The molecule has 19 heavy (non-hydrogen) atoms. The zero-order valence-electron chi connectivity index (χ0n) is 12.4. The fourth-order valence-electron chi connectivity index (χ4n) is 3.21. The molecule has 1 atom stereocenters. The number of rotatable bonds is 4. The average molecular weight is 266 g/mol. The molecular formula is C16H26O3. The summed E-state index contributed by atoms with van der Waals surface area (Å²) in [4.78, 5) is 12.5. The quantitative estimate of drug-likeness (QED) is 0.628. The number of hydrogen-bond donors (Lipinski definition) is 1. The third-order valence-corrected chi connectivity index (χ3v) is 4.74. The van der Waals surface area contributed by atoms with Crippen LogP contribution in [0.5, 0.6) is 0 Å². The summed E-state index contributed by atoms with van der Waals surface area (Å²) in [6.45, 7) is 6.06. The Bertz CT molecular complexity index is 377. The molecule has 0 aromatic rings. The van der Waals surface area contributed by atoms with E-state index in [1.54, 1.807) is 0 Å². The standard InChI is InChI=1S/C16H26O3/c1-12(10-17)9-16(11-15(16,2)3)14(18)19-13-7-5-4-6-8-13/h9,13,17H,4-8,10-11H2,1-3H3/b12-9+. The van der Waals surface area contributed by atoms with Gasteiger partial charge in [0, 0.05) is 0 Å². The van der Waals surface area contributed by atoms with Crippen molar-refractivity contribution in [1.82, 2.24) is 0 Å². The van der Waals surface area contributed by atoms with Crippen LogP contribution in [-0.2, 0) is 9.53 Å². The van der Waals surface area contributed by atoms with E-state index in [0.29, 0.717) is 0 Å². The van der Waals surface area contributed by atoms with Crippen LogP contribution in [0.1, 0.15) is 59.3 Å². The van der Waals surface area contributed by atoms with Crippen LogP contribution >= 0.6 is 0 Å². The Hall–Kier alpha value is -0.830. The van der Waals surface area contributed by atoms with Crippen molar-refractivity contribution in [2.75, 3.05) is 6.61 Å². The highest BCUT2D eigenvalue weighted by Gasteiger charge is 2.66. The summed E-state index contributed by atoms with van der Waals surface area (Å²) in [6.07, 6.45) is 8.46. The highest BCUT2D eigenvalue weighted by molar-refractivity contribution is 5.84. The highest BCUT2D eigenvalue weighted by atomic mass is 16.5. The molecule has 0 spiro atoms. The Labute approximate surface area is 116 Å². The van der Waals surface area contributed by atoms with Crippen molar-refractivity contribution in [3.63, 3.8) is 0 Å². The fourth-order valence-corrected chi connectivity index (χ4v) is 3.21. The van der Waals surface area contributed by atoms with Gasteiger partial charge in [-0.1, -0.05) is 31.9 Å². The Morgan fingerprint density at radius 1 is 1.32 bits per heavy atom. The maximum Gasteiger partial charge on any atom is 0.316 e. The molecule has 2 aliphatic rings. The summed E-state index contributed by atoms with van der Waals surface area (Å²) < 4.78 is 5.73. The van der Waals surface area contributed by atoms with Crippen LogP contribution in [0.4, 0.5) is 0 Å². The molecule has 108 valence electrons. The van der Waals surface area contributed by atoms with Crippen LogP contribution in [0.15, 0.2) is 11.6 Å². The number of esters is 1. The molecule has 2 rings (SSSR count). The first-order valence-corrected chi connectivity index (χ1v) is 7.41. The lowest BCUT2D eigenvalue weighted by Crippen LogP contribution is -2.29. The summed E-state index contributed by atoms with van der Waals surface area (Å²) in [5.74, 6) is -0.0859. The van der Waals surface area contributed by atoms with Gasteiger partial charge in [-0.25, -0.2) is 0 Å². The summed E-state index contributed by atoms with van der Waals surface area (Å²) in [7, 11) is 0. The number of aliphatic hydroxyl groups is 1. The van der Waals surface area contributed by atoms with E-state index in [9.17, 15) is 9.90 Å². The average Bonchev–Trinajstić information content (AvgIpc) is 2.93. The van der Waals surface area contributed by atoms with Crippen LogP contribution in [0.25, 0.3) is 0 Å². The SMILES string of the molecule is C/C(=C\C1(C(=O)OC2CCCCC2)CC1(C)C)CO. The van der Waals surface area contributed by atoms with Crippen LogP contribution in [-0.4, -0.2) is 23.8 Å². The van der Waals surface area contributed by atoms with Gasteiger partial charge in [0.05, 0.1) is 12.0 Å². The molecule has 3 heteroatoms. The second kappa shape index (κ2) is 5.28. The lowest BCUT2D eigenvalue weighted by molar-refractivity contribution is -0.156. The lowest BCUT2D eigenvalue weighted by Gasteiger charge is -2.25. The predicted molar refractivity (Wildman–Crippen MR) is 74.6 cm³/mol. The van der Waals surface area contributed by atoms with E-state index in [1.165, 1.54) is 19.3 Å². The Kier molecular flexibility index (Phi) is 4.05. The van der Waals surface area contributed by atoms with Gasteiger partial charge in [-0.3, -0.25) is 4.79 Å². The Balaban J connectivity index is 2.06. The highest BCUT2D eigenvalue weighted by Crippen LogP contribution is 2.65. The van der Waals surface area contributed by atoms with Gasteiger partial charge in [-0.2, -0.15) is 0 Å². The van der Waals surface area contributed by atoms with E-state index in [1.807, 2.05) is 13.0 Å². The summed E-state index contributed by atoms with van der Waals surface area (Å²) >= 11 is 0. The van der Waals surface area contributed by atoms with E-state index in [4.69, 9.17) is 4.74 Å². The zero-order chi connectivity index (χ0) is 14.1. The maximum atomic E-state index is 12.5. The topological polar surface area (TPSA) is 46.5 Å². The molecule has 0 aromatic heterocycles. The largest absolute Gasteiger partial charge is 0.462 e.